The van der Waals surface area contributed by atoms with Gasteiger partial charge in [0.05, 0.1) is 6.33 Å². The fourth-order valence-electron chi connectivity index (χ4n) is 2.02. The second kappa shape index (κ2) is 5.96. The number of carbonyl (C=O) groups excluding carboxylic acids is 1. The lowest BCUT2D eigenvalue weighted by Crippen LogP contribution is -2.37. The SMILES string of the molecule is CC(C)=NNC(=O)CCn1cnc2c1c(=O)n(C)c(=O)n2C. The Bertz CT molecular complexity index is 866. The van der Waals surface area contributed by atoms with E-state index in [1.54, 1.807) is 25.5 Å². The predicted molar refractivity (Wildman–Crippen MR) is 81.8 cm³/mol. The van der Waals surface area contributed by atoms with Crippen molar-refractivity contribution in [1.29, 1.82) is 0 Å². The maximum Gasteiger partial charge on any atom is 0.332 e. The molecule has 0 aromatic carbocycles. The third-order valence-corrected chi connectivity index (χ3v) is 3.20. The molecule has 2 heterocycles. The van der Waals surface area contributed by atoms with E-state index in [1.165, 1.54) is 17.9 Å². The van der Waals surface area contributed by atoms with Crippen LogP contribution in [-0.4, -0.2) is 30.3 Å². The third-order valence-electron chi connectivity index (χ3n) is 3.20. The highest BCUT2D eigenvalue weighted by atomic mass is 16.2. The van der Waals surface area contributed by atoms with Gasteiger partial charge in [-0.2, -0.15) is 5.10 Å². The van der Waals surface area contributed by atoms with Crippen LogP contribution in [0.2, 0.25) is 0 Å². The molecule has 2 rings (SSSR count). The van der Waals surface area contributed by atoms with E-state index in [4.69, 9.17) is 0 Å². The molecule has 0 aliphatic rings. The monoisotopic (exact) mass is 306 g/mol. The summed E-state index contributed by atoms with van der Waals surface area (Å²) in [6.45, 7) is 3.82. The minimum atomic E-state index is -0.437. The Labute approximate surface area is 125 Å². The molecule has 118 valence electrons. The molecule has 0 saturated carbocycles. The number of imidazole rings is 1. The van der Waals surface area contributed by atoms with Crippen molar-refractivity contribution in [3.8, 4) is 0 Å². The van der Waals surface area contributed by atoms with Crippen molar-refractivity contribution in [2.24, 2.45) is 19.2 Å². The number of nitrogens with one attached hydrogen (secondary N) is 1. The number of hydrogen-bond acceptors (Lipinski definition) is 5. The molecule has 0 fully saturated rings. The Kier molecular flexibility index (Phi) is 4.25. The number of amides is 1. The van der Waals surface area contributed by atoms with Crippen molar-refractivity contribution in [3.63, 3.8) is 0 Å². The highest BCUT2D eigenvalue weighted by molar-refractivity contribution is 5.82. The molecule has 2 aromatic heterocycles. The summed E-state index contributed by atoms with van der Waals surface area (Å²) in [5.74, 6) is -0.260. The fourth-order valence-corrected chi connectivity index (χ4v) is 2.02. The van der Waals surface area contributed by atoms with E-state index in [0.717, 1.165) is 10.3 Å². The first-order valence-electron chi connectivity index (χ1n) is 6.73. The molecule has 0 radical (unpaired) electrons. The van der Waals surface area contributed by atoms with Gasteiger partial charge in [0.1, 0.15) is 0 Å². The van der Waals surface area contributed by atoms with Gasteiger partial charge in [0.2, 0.25) is 5.91 Å². The summed E-state index contributed by atoms with van der Waals surface area (Å²) in [6.07, 6.45) is 1.60. The molecule has 0 saturated heterocycles. The first kappa shape index (κ1) is 15.7. The van der Waals surface area contributed by atoms with Crippen molar-refractivity contribution in [2.75, 3.05) is 0 Å². The molecule has 0 aliphatic carbocycles. The van der Waals surface area contributed by atoms with E-state index in [2.05, 4.69) is 15.5 Å². The first-order valence-corrected chi connectivity index (χ1v) is 6.73. The number of aromatic nitrogens is 4. The van der Waals surface area contributed by atoms with Crippen LogP contribution in [0.4, 0.5) is 0 Å². The van der Waals surface area contributed by atoms with E-state index in [-0.39, 0.29) is 18.9 Å². The van der Waals surface area contributed by atoms with E-state index < -0.39 is 11.2 Å². The molecule has 0 atom stereocenters. The second-order valence-electron chi connectivity index (χ2n) is 5.16. The Hall–Kier alpha value is -2.71. The summed E-state index contributed by atoms with van der Waals surface area (Å²) >= 11 is 0. The summed E-state index contributed by atoms with van der Waals surface area (Å²) in [7, 11) is 2.96. The summed E-state index contributed by atoms with van der Waals surface area (Å²) < 4.78 is 3.89. The van der Waals surface area contributed by atoms with Crippen molar-refractivity contribution < 1.29 is 4.79 Å². The average molecular weight is 306 g/mol. The molecule has 9 nitrogen and oxygen atoms in total. The molecule has 0 unspecified atom stereocenters. The van der Waals surface area contributed by atoms with Crippen LogP contribution in [0.25, 0.3) is 11.2 Å². The fraction of sp³-hybridized carbons (Fsp3) is 0.462. The molecular formula is C13H18N6O3. The van der Waals surface area contributed by atoms with Gasteiger partial charge < -0.3 is 4.57 Å². The molecule has 1 N–H and O–H groups in total. The summed E-state index contributed by atoms with van der Waals surface area (Å²) in [6, 6.07) is 0. The number of carbonyl (C=O) groups is 1. The molecule has 0 bridgehead atoms. The minimum absolute atomic E-state index is 0.147. The molecule has 22 heavy (non-hydrogen) atoms. The summed E-state index contributed by atoms with van der Waals surface area (Å²) in [5.41, 5.74) is 2.89. The number of rotatable bonds is 4. The molecule has 1 amide bonds. The van der Waals surface area contributed by atoms with E-state index in [9.17, 15) is 14.4 Å². The first-order chi connectivity index (χ1) is 10.3. The molecular weight excluding hydrogens is 288 g/mol. The van der Waals surface area contributed by atoms with Crippen LogP contribution in [0, 0.1) is 0 Å². The van der Waals surface area contributed by atoms with Gasteiger partial charge in [-0.25, -0.2) is 15.2 Å². The predicted octanol–water partition coefficient (Wildman–Crippen LogP) is -0.664. The molecule has 0 spiro atoms. The Morgan fingerprint density at radius 3 is 2.59 bits per heavy atom. The van der Waals surface area contributed by atoms with Crippen molar-refractivity contribution in [2.45, 2.75) is 26.8 Å². The topological polar surface area (TPSA) is 103 Å². The summed E-state index contributed by atoms with van der Waals surface area (Å²) in [5, 5.41) is 3.83. The van der Waals surface area contributed by atoms with Crippen LogP contribution in [0.1, 0.15) is 20.3 Å². The van der Waals surface area contributed by atoms with Crippen LogP contribution in [0.3, 0.4) is 0 Å². The Morgan fingerprint density at radius 2 is 1.95 bits per heavy atom. The lowest BCUT2D eigenvalue weighted by atomic mass is 10.4. The zero-order valence-electron chi connectivity index (χ0n) is 13.0. The van der Waals surface area contributed by atoms with Crippen LogP contribution < -0.4 is 16.7 Å². The van der Waals surface area contributed by atoms with Crippen LogP contribution in [-0.2, 0) is 25.4 Å². The van der Waals surface area contributed by atoms with E-state index >= 15 is 0 Å². The molecule has 9 heteroatoms. The van der Waals surface area contributed by atoms with Gasteiger partial charge in [0.25, 0.3) is 5.56 Å². The quantitative estimate of drug-likeness (QED) is 0.598. The highest BCUT2D eigenvalue weighted by Gasteiger charge is 2.14. The van der Waals surface area contributed by atoms with Gasteiger partial charge in [-0.3, -0.25) is 18.7 Å². The molecule has 2 aromatic rings. The number of hydrazone groups is 1. The normalized spacial score (nSPS) is 10.7. The van der Waals surface area contributed by atoms with E-state index in [1.807, 2.05) is 0 Å². The zero-order chi connectivity index (χ0) is 16.4. The van der Waals surface area contributed by atoms with Gasteiger partial charge in [0.15, 0.2) is 11.2 Å². The summed E-state index contributed by atoms with van der Waals surface area (Å²) in [4.78, 5) is 39.8. The van der Waals surface area contributed by atoms with Crippen LogP contribution in [0.15, 0.2) is 21.0 Å². The van der Waals surface area contributed by atoms with Crippen LogP contribution in [0.5, 0.6) is 0 Å². The van der Waals surface area contributed by atoms with Crippen molar-refractivity contribution in [3.05, 3.63) is 27.2 Å². The minimum Gasteiger partial charge on any atom is -0.324 e. The lowest BCUT2D eigenvalue weighted by Gasteiger charge is -2.06. The Morgan fingerprint density at radius 1 is 1.27 bits per heavy atom. The standard InChI is InChI=1S/C13H18N6O3/c1-8(2)15-16-9(20)5-6-19-7-14-11-10(19)12(21)18(4)13(22)17(11)3/h7H,5-6H2,1-4H3,(H,16,20). The van der Waals surface area contributed by atoms with Crippen molar-refractivity contribution in [1.82, 2.24) is 24.1 Å². The third kappa shape index (κ3) is 2.83. The van der Waals surface area contributed by atoms with Crippen molar-refractivity contribution >= 4 is 22.8 Å². The van der Waals surface area contributed by atoms with E-state index in [0.29, 0.717) is 11.2 Å². The van der Waals surface area contributed by atoms with Gasteiger partial charge >= 0.3 is 5.69 Å². The number of fused-ring (bicyclic) bond motifs is 1. The van der Waals surface area contributed by atoms with Gasteiger partial charge in [-0.1, -0.05) is 0 Å². The number of hydrogen-bond donors (Lipinski definition) is 1. The van der Waals surface area contributed by atoms with Gasteiger partial charge in [-0.05, 0) is 13.8 Å². The smallest absolute Gasteiger partial charge is 0.324 e. The number of nitrogens with zero attached hydrogens (tertiary/aromatic N) is 5. The van der Waals surface area contributed by atoms with Crippen LogP contribution >= 0.6 is 0 Å². The molecule has 0 aliphatic heterocycles. The zero-order valence-corrected chi connectivity index (χ0v) is 13.0. The number of aryl methyl sites for hydroxylation is 2. The second-order valence-corrected chi connectivity index (χ2v) is 5.16. The highest BCUT2D eigenvalue weighted by Crippen LogP contribution is 2.06. The average Bonchev–Trinajstić information content (AvgIpc) is 2.90. The maximum absolute atomic E-state index is 12.2. The van der Waals surface area contributed by atoms with Gasteiger partial charge in [0, 0.05) is 32.8 Å². The van der Waals surface area contributed by atoms with Gasteiger partial charge in [-0.15, -0.1) is 0 Å². The lowest BCUT2D eigenvalue weighted by molar-refractivity contribution is -0.121. The largest absolute Gasteiger partial charge is 0.332 e. The maximum atomic E-state index is 12.2. The Balaban J connectivity index is 2.31.